The van der Waals surface area contributed by atoms with Crippen molar-refractivity contribution >= 4 is 11.9 Å². The summed E-state index contributed by atoms with van der Waals surface area (Å²) in [7, 11) is 1.66. The Bertz CT molecular complexity index is 332. The largest absolute Gasteiger partial charge is 0.481 e. The number of carbonyl (C=O) groups is 2. The van der Waals surface area contributed by atoms with E-state index in [4.69, 9.17) is 9.84 Å². The number of ether oxygens (including phenoxy) is 1. The van der Waals surface area contributed by atoms with Crippen LogP contribution in [0.2, 0.25) is 0 Å². The third-order valence-corrected chi connectivity index (χ3v) is 4.33. The molecule has 0 heterocycles. The number of hydrogen-bond acceptors (Lipinski definition) is 3. The lowest BCUT2D eigenvalue weighted by molar-refractivity contribution is -0.142. The Morgan fingerprint density at radius 3 is 2.56 bits per heavy atom. The highest BCUT2D eigenvalue weighted by Gasteiger charge is 2.40. The third kappa shape index (κ3) is 2.83. The van der Waals surface area contributed by atoms with E-state index in [1.165, 1.54) is 0 Å². The molecule has 2 atom stereocenters. The second-order valence-electron chi connectivity index (χ2n) is 5.53. The first kappa shape index (κ1) is 13.3. The maximum absolute atomic E-state index is 11.9. The van der Waals surface area contributed by atoms with Gasteiger partial charge in [0.25, 0.3) is 0 Å². The molecule has 0 aromatic heterocycles. The van der Waals surface area contributed by atoms with E-state index >= 15 is 0 Å². The van der Waals surface area contributed by atoms with E-state index in [2.05, 4.69) is 5.32 Å². The Balaban J connectivity index is 1.77. The summed E-state index contributed by atoms with van der Waals surface area (Å²) in [5, 5.41) is 11.8. The number of nitrogens with one attached hydrogen (secondary N) is 1. The smallest absolute Gasteiger partial charge is 0.306 e. The summed E-state index contributed by atoms with van der Waals surface area (Å²) in [4.78, 5) is 22.7. The first-order valence-corrected chi connectivity index (χ1v) is 6.62. The van der Waals surface area contributed by atoms with Crippen LogP contribution >= 0.6 is 0 Å². The van der Waals surface area contributed by atoms with Crippen LogP contribution in [0.3, 0.4) is 0 Å². The van der Waals surface area contributed by atoms with E-state index in [9.17, 15) is 9.59 Å². The van der Waals surface area contributed by atoms with Gasteiger partial charge in [-0.2, -0.15) is 0 Å². The predicted octanol–water partition coefficient (Wildman–Crippen LogP) is 1.32. The lowest BCUT2D eigenvalue weighted by Gasteiger charge is -2.40. The Kier molecular flexibility index (Phi) is 3.90. The summed E-state index contributed by atoms with van der Waals surface area (Å²) in [6.45, 7) is 0. The van der Waals surface area contributed by atoms with Crippen molar-refractivity contribution in [3.05, 3.63) is 0 Å². The van der Waals surface area contributed by atoms with Crippen molar-refractivity contribution < 1.29 is 19.4 Å². The molecule has 0 aromatic carbocycles. The van der Waals surface area contributed by atoms with Crippen LogP contribution in [0.4, 0.5) is 0 Å². The molecule has 2 saturated carbocycles. The van der Waals surface area contributed by atoms with Crippen LogP contribution < -0.4 is 5.32 Å². The molecule has 0 unspecified atom stereocenters. The fraction of sp³-hybridized carbons (Fsp3) is 0.846. The maximum atomic E-state index is 11.9. The van der Waals surface area contributed by atoms with Gasteiger partial charge in [0.2, 0.25) is 5.91 Å². The zero-order valence-electron chi connectivity index (χ0n) is 10.8. The molecule has 5 heteroatoms. The van der Waals surface area contributed by atoms with Crippen molar-refractivity contribution in [2.75, 3.05) is 7.11 Å². The van der Waals surface area contributed by atoms with Gasteiger partial charge in [-0.1, -0.05) is 0 Å². The van der Waals surface area contributed by atoms with Crippen LogP contribution in [-0.4, -0.2) is 35.7 Å². The lowest BCUT2D eigenvalue weighted by atomic mass is 9.77. The standard InChI is InChI=1S/C13H21NO4/c1-18-13(5-2-6-13)8-11(15)14-10-4-3-9(7-10)12(16)17/h9-10H,2-8H2,1H3,(H,14,15)(H,16,17)/t9-,10+/m0/s1. The summed E-state index contributed by atoms with van der Waals surface area (Å²) in [5.74, 6) is -1.05. The molecule has 18 heavy (non-hydrogen) atoms. The van der Waals surface area contributed by atoms with Gasteiger partial charge in [-0.15, -0.1) is 0 Å². The molecule has 2 aliphatic rings. The van der Waals surface area contributed by atoms with Gasteiger partial charge < -0.3 is 15.2 Å². The van der Waals surface area contributed by atoms with E-state index in [1.807, 2.05) is 0 Å². The van der Waals surface area contributed by atoms with Crippen LogP contribution in [-0.2, 0) is 14.3 Å². The van der Waals surface area contributed by atoms with Gasteiger partial charge in [0.05, 0.1) is 17.9 Å². The number of carbonyl (C=O) groups excluding carboxylic acids is 1. The summed E-state index contributed by atoms with van der Waals surface area (Å²) in [6, 6.07) is 0.0209. The molecule has 1 amide bonds. The molecule has 102 valence electrons. The summed E-state index contributed by atoms with van der Waals surface area (Å²) < 4.78 is 5.41. The van der Waals surface area contributed by atoms with Gasteiger partial charge in [-0.05, 0) is 38.5 Å². The zero-order chi connectivity index (χ0) is 13.2. The number of methoxy groups -OCH3 is 1. The number of carboxylic acid groups (broad SMARTS) is 1. The number of rotatable bonds is 5. The molecule has 0 spiro atoms. The van der Waals surface area contributed by atoms with Crippen LogP contribution in [0, 0.1) is 5.92 Å². The number of amides is 1. The van der Waals surface area contributed by atoms with Crippen molar-refractivity contribution in [2.45, 2.75) is 56.6 Å². The second kappa shape index (κ2) is 5.26. The predicted molar refractivity (Wildman–Crippen MR) is 65.1 cm³/mol. The van der Waals surface area contributed by atoms with Crippen LogP contribution in [0.5, 0.6) is 0 Å². The maximum Gasteiger partial charge on any atom is 0.306 e. The second-order valence-corrected chi connectivity index (χ2v) is 5.53. The molecule has 2 N–H and O–H groups in total. The average molecular weight is 255 g/mol. The average Bonchev–Trinajstić information content (AvgIpc) is 2.72. The molecule has 2 aliphatic carbocycles. The Morgan fingerprint density at radius 2 is 2.11 bits per heavy atom. The fourth-order valence-corrected chi connectivity index (χ4v) is 2.93. The quantitative estimate of drug-likeness (QED) is 0.776. The van der Waals surface area contributed by atoms with E-state index in [1.54, 1.807) is 7.11 Å². The van der Waals surface area contributed by atoms with Crippen molar-refractivity contribution in [1.29, 1.82) is 0 Å². The van der Waals surface area contributed by atoms with Gasteiger partial charge in [-0.3, -0.25) is 9.59 Å². The molecular formula is C13H21NO4. The first-order valence-electron chi connectivity index (χ1n) is 6.62. The van der Waals surface area contributed by atoms with Gasteiger partial charge in [0.1, 0.15) is 0 Å². The van der Waals surface area contributed by atoms with Gasteiger partial charge in [0, 0.05) is 13.2 Å². The number of hydrogen-bond donors (Lipinski definition) is 2. The van der Waals surface area contributed by atoms with E-state index in [0.717, 1.165) is 25.7 Å². The zero-order valence-corrected chi connectivity index (χ0v) is 10.8. The summed E-state index contributed by atoms with van der Waals surface area (Å²) in [6.07, 6.45) is 5.39. The normalized spacial score (nSPS) is 29.6. The van der Waals surface area contributed by atoms with Gasteiger partial charge >= 0.3 is 5.97 Å². The molecular weight excluding hydrogens is 234 g/mol. The van der Waals surface area contributed by atoms with Crippen molar-refractivity contribution in [2.24, 2.45) is 5.92 Å². The van der Waals surface area contributed by atoms with E-state index < -0.39 is 5.97 Å². The molecule has 5 nitrogen and oxygen atoms in total. The Labute approximate surface area is 107 Å². The molecule has 0 saturated heterocycles. The van der Waals surface area contributed by atoms with Crippen LogP contribution in [0.1, 0.15) is 44.9 Å². The summed E-state index contributed by atoms with van der Waals surface area (Å²) in [5.41, 5.74) is -0.255. The lowest BCUT2D eigenvalue weighted by Crippen LogP contribution is -2.45. The Hall–Kier alpha value is -1.10. The van der Waals surface area contributed by atoms with E-state index in [-0.39, 0.29) is 23.5 Å². The molecule has 0 aromatic rings. The minimum Gasteiger partial charge on any atom is -0.481 e. The van der Waals surface area contributed by atoms with Crippen molar-refractivity contribution in [3.8, 4) is 0 Å². The van der Waals surface area contributed by atoms with Gasteiger partial charge in [0.15, 0.2) is 0 Å². The highest BCUT2D eigenvalue weighted by molar-refractivity contribution is 5.78. The van der Waals surface area contributed by atoms with Crippen molar-refractivity contribution in [1.82, 2.24) is 5.32 Å². The molecule has 2 rings (SSSR count). The SMILES string of the molecule is COC1(CC(=O)N[C@@H]2CC[C@H](C(=O)O)C2)CCC1. The number of aliphatic carboxylic acids is 1. The number of carboxylic acids is 1. The summed E-state index contributed by atoms with van der Waals surface area (Å²) >= 11 is 0. The van der Waals surface area contributed by atoms with Crippen molar-refractivity contribution in [3.63, 3.8) is 0 Å². The van der Waals surface area contributed by atoms with Gasteiger partial charge in [-0.25, -0.2) is 0 Å². The minimum atomic E-state index is -0.751. The topological polar surface area (TPSA) is 75.6 Å². The minimum absolute atomic E-state index is 0.00686. The van der Waals surface area contributed by atoms with Crippen LogP contribution in [0.15, 0.2) is 0 Å². The molecule has 2 fully saturated rings. The van der Waals surface area contributed by atoms with Crippen LogP contribution in [0.25, 0.3) is 0 Å². The van der Waals surface area contributed by atoms with E-state index in [0.29, 0.717) is 19.3 Å². The first-order chi connectivity index (χ1) is 8.54. The monoisotopic (exact) mass is 255 g/mol. The Morgan fingerprint density at radius 1 is 1.39 bits per heavy atom. The molecule has 0 bridgehead atoms. The molecule has 0 radical (unpaired) electrons. The third-order valence-electron chi connectivity index (χ3n) is 4.33. The molecule has 0 aliphatic heterocycles. The highest BCUT2D eigenvalue weighted by atomic mass is 16.5. The highest BCUT2D eigenvalue weighted by Crippen LogP contribution is 2.38. The fourth-order valence-electron chi connectivity index (χ4n) is 2.93.